The Hall–Kier alpha value is -1.74. The fraction of sp³-hybridized carbons (Fsp3) is 0.421. The van der Waals surface area contributed by atoms with Crippen LogP contribution >= 0.6 is 11.3 Å². The van der Waals surface area contributed by atoms with Crippen molar-refractivity contribution in [1.29, 1.82) is 0 Å². The van der Waals surface area contributed by atoms with Gasteiger partial charge < -0.3 is 5.32 Å². The molecule has 1 unspecified atom stereocenters. The number of benzene rings is 1. The molecule has 0 radical (unpaired) electrons. The fourth-order valence-corrected chi connectivity index (χ4v) is 5.32. The number of amides is 1. The molecule has 8 heteroatoms. The van der Waals surface area contributed by atoms with Crippen molar-refractivity contribution in [2.24, 2.45) is 0 Å². The number of nitrogens with zero attached hydrogens (tertiary/aromatic N) is 2. The summed E-state index contributed by atoms with van der Waals surface area (Å²) in [5.41, 5.74) is 1.82. The number of carbonyl (C=O) groups excluding carboxylic acids is 1. The molecule has 6 nitrogen and oxygen atoms in total. The maximum atomic E-state index is 12.6. The summed E-state index contributed by atoms with van der Waals surface area (Å²) >= 11 is 1.79. The maximum absolute atomic E-state index is 12.6. The lowest BCUT2D eigenvalue weighted by molar-refractivity contribution is -0.118. The number of hydrogen-bond donors (Lipinski definition) is 1. The number of nitrogens with one attached hydrogen (secondary N) is 1. The second kappa shape index (κ2) is 8.10. The number of fused-ring (bicyclic) bond motifs is 1. The summed E-state index contributed by atoms with van der Waals surface area (Å²) in [6.45, 7) is 3.28. The van der Waals surface area contributed by atoms with Gasteiger partial charge in [-0.05, 0) is 48.1 Å². The minimum atomic E-state index is -3.53. The molecule has 1 aromatic heterocycles. The van der Waals surface area contributed by atoms with Crippen LogP contribution in [0.1, 0.15) is 29.8 Å². The predicted octanol–water partition coefficient (Wildman–Crippen LogP) is 2.95. The fourth-order valence-electron chi connectivity index (χ4n) is 3.45. The third-order valence-electron chi connectivity index (χ3n) is 4.84. The van der Waals surface area contributed by atoms with E-state index in [-0.39, 0.29) is 16.8 Å². The summed E-state index contributed by atoms with van der Waals surface area (Å²) in [5, 5.41) is 4.96. The first-order valence-corrected chi connectivity index (χ1v) is 11.3. The monoisotopic (exact) mass is 407 g/mol. The van der Waals surface area contributed by atoms with Crippen LogP contribution in [0.25, 0.3) is 0 Å². The second-order valence-electron chi connectivity index (χ2n) is 6.81. The molecule has 1 N–H and O–H groups in total. The molecule has 146 valence electrons. The van der Waals surface area contributed by atoms with Gasteiger partial charge in [0.05, 0.1) is 11.4 Å². The Bertz CT molecular complexity index is 922. The number of rotatable bonds is 6. The number of carbonyl (C=O) groups is 1. The van der Waals surface area contributed by atoms with Crippen molar-refractivity contribution >= 4 is 33.0 Å². The summed E-state index contributed by atoms with van der Waals surface area (Å²) in [7, 11) is -0.556. The van der Waals surface area contributed by atoms with Crippen LogP contribution < -0.4 is 5.32 Å². The first-order chi connectivity index (χ1) is 12.8. The number of thiophene rings is 1. The van der Waals surface area contributed by atoms with E-state index in [1.807, 2.05) is 0 Å². The average Bonchev–Trinajstić information content (AvgIpc) is 3.10. The SMILES string of the molecule is CCC1c2ccsc2CCN1CC(=O)Nc1cccc(S(=O)(=O)N(C)C)c1. The highest BCUT2D eigenvalue weighted by Gasteiger charge is 2.28. The lowest BCUT2D eigenvalue weighted by Gasteiger charge is -2.34. The molecule has 0 fully saturated rings. The highest BCUT2D eigenvalue weighted by Crippen LogP contribution is 2.34. The predicted molar refractivity (Wildman–Crippen MR) is 109 cm³/mol. The molecular weight excluding hydrogens is 382 g/mol. The second-order valence-corrected chi connectivity index (χ2v) is 9.96. The van der Waals surface area contributed by atoms with Crippen molar-refractivity contribution in [1.82, 2.24) is 9.21 Å². The van der Waals surface area contributed by atoms with Gasteiger partial charge in [0.15, 0.2) is 0 Å². The standard InChI is InChI=1S/C19H25N3O3S2/c1-4-17-16-9-11-26-18(16)8-10-22(17)13-19(23)20-14-6-5-7-15(12-14)27(24,25)21(2)3/h5-7,9,11-12,17H,4,8,10,13H2,1-3H3,(H,20,23). The molecule has 3 rings (SSSR count). The van der Waals surface area contributed by atoms with Gasteiger partial charge in [-0.1, -0.05) is 13.0 Å². The Morgan fingerprint density at radius 1 is 1.33 bits per heavy atom. The normalized spacial score (nSPS) is 17.7. The molecule has 2 aromatic rings. The Kier molecular flexibility index (Phi) is 6.00. The number of sulfonamides is 1. The molecule has 1 aliphatic heterocycles. The highest BCUT2D eigenvalue weighted by molar-refractivity contribution is 7.89. The first-order valence-electron chi connectivity index (χ1n) is 8.95. The van der Waals surface area contributed by atoms with Gasteiger partial charge in [0, 0.05) is 37.2 Å². The van der Waals surface area contributed by atoms with E-state index in [1.165, 1.54) is 36.7 Å². The largest absolute Gasteiger partial charge is 0.325 e. The third kappa shape index (κ3) is 4.24. The van der Waals surface area contributed by atoms with E-state index in [4.69, 9.17) is 0 Å². The van der Waals surface area contributed by atoms with Gasteiger partial charge in [0.1, 0.15) is 0 Å². The summed E-state index contributed by atoms with van der Waals surface area (Å²) in [4.78, 5) is 16.4. The zero-order chi connectivity index (χ0) is 19.6. The van der Waals surface area contributed by atoms with Crippen LogP contribution in [0.5, 0.6) is 0 Å². The quantitative estimate of drug-likeness (QED) is 0.799. The number of hydrogen-bond acceptors (Lipinski definition) is 5. The van der Waals surface area contributed by atoms with E-state index in [1.54, 1.807) is 23.5 Å². The zero-order valence-electron chi connectivity index (χ0n) is 15.8. The maximum Gasteiger partial charge on any atom is 0.242 e. The van der Waals surface area contributed by atoms with Gasteiger partial charge in [-0.2, -0.15) is 0 Å². The summed E-state index contributed by atoms with van der Waals surface area (Å²) in [5.74, 6) is -0.133. The smallest absolute Gasteiger partial charge is 0.242 e. The van der Waals surface area contributed by atoms with Gasteiger partial charge in [0.2, 0.25) is 15.9 Å². The molecule has 27 heavy (non-hydrogen) atoms. The van der Waals surface area contributed by atoms with Crippen LogP contribution in [0, 0.1) is 0 Å². The molecule has 0 aliphatic carbocycles. The van der Waals surface area contributed by atoms with E-state index >= 15 is 0 Å². The molecule has 0 spiro atoms. The Morgan fingerprint density at radius 2 is 2.11 bits per heavy atom. The topological polar surface area (TPSA) is 69.7 Å². The van der Waals surface area contributed by atoms with Crippen LogP contribution in [-0.4, -0.2) is 50.7 Å². The first kappa shape index (κ1) is 20.0. The van der Waals surface area contributed by atoms with E-state index < -0.39 is 10.0 Å². The Labute approximate surface area is 164 Å². The lowest BCUT2D eigenvalue weighted by atomic mass is 9.98. The Balaban J connectivity index is 1.70. The number of anilines is 1. The molecule has 0 saturated heterocycles. The van der Waals surface area contributed by atoms with Gasteiger partial charge in [-0.25, -0.2) is 12.7 Å². The molecule has 0 bridgehead atoms. The van der Waals surface area contributed by atoms with E-state index in [9.17, 15) is 13.2 Å². The van der Waals surface area contributed by atoms with Gasteiger partial charge in [0.25, 0.3) is 0 Å². The molecule has 1 aliphatic rings. The molecule has 1 aromatic carbocycles. The van der Waals surface area contributed by atoms with E-state index in [2.05, 4.69) is 28.6 Å². The Morgan fingerprint density at radius 3 is 2.81 bits per heavy atom. The van der Waals surface area contributed by atoms with Gasteiger partial charge in [-0.3, -0.25) is 9.69 Å². The third-order valence-corrected chi connectivity index (χ3v) is 7.64. The molecule has 2 heterocycles. The van der Waals surface area contributed by atoms with E-state index in [0.717, 1.165) is 23.7 Å². The van der Waals surface area contributed by atoms with Crippen molar-refractivity contribution in [2.75, 3.05) is 32.5 Å². The van der Waals surface area contributed by atoms with Crippen molar-refractivity contribution in [3.05, 3.63) is 46.2 Å². The summed E-state index contributed by atoms with van der Waals surface area (Å²) in [6, 6.07) is 8.79. The summed E-state index contributed by atoms with van der Waals surface area (Å²) in [6.07, 6.45) is 1.92. The van der Waals surface area contributed by atoms with Gasteiger partial charge >= 0.3 is 0 Å². The lowest BCUT2D eigenvalue weighted by Crippen LogP contribution is -2.40. The van der Waals surface area contributed by atoms with Crippen LogP contribution in [0.4, 0.5) is 5.69 Å². The van der Waals surface area contributed by atoms with Crippen LogP contribution in [0.2, 0.25) is 0 Å². The minimum Gasteiger partial charge on any atom is -0.325 e. The van der Waals surface area contributed by atoms with Crippen molar-refractivity contribution in [3.63, 3.8) is 0 Å². The highest BCUT2D eigenvalue weighted by atomic mass is 32.2. The van der Waals surface area contributed by atoms with Crippen LogP contribution in [-0.2, 0) is 21.2 Å². The van der Waals surface area contributed by atoms with Gasteiger partial charge in [-0.15, -0.1) is 11.3 Å². The molecule has 1 amide bonds. The zero-order valence-corrected chi connectivity index (χ0v) is 17.4. The molecular formula is C19H25N3O3S2. The van der Waals surface area contributed by atoms with Crippen molar-refractivity contribution in [3.8, 4) is 0 Å². The van der Waals surface area contributed by atoms with E-state index in [0.29, 0.717) is 12.2 Å². The summed E-state index contributed by atoms with van der Waals surface area (Å²) < 4.78 is 25.7. The van der Waals surface area contributed by atoms with Crippen LogP contribution in [0.3, 0.4) is 0 Å². The van der Waals surface area contributed by atoms with Crippen molar-refractivity contribution < 1.29 is 13.2 Å². The van der Waals surface area contributed by atoms with Crippen LogP contribution in [0.15, 0.2) is 40.6 Å². The minimum absolute atomic E-state index is 0.133. The molecule has 1 atom stereocenters. The average molecular weight is 408 g/mol. The molecule has 0 saturated carbocycles. The van der Waals surface area contributed by atoms with Crippen molar-refractivity contribution in [2.45, 2.75) is 30.7 Å².